The van der Waals surface area contributed by atoms with Crippen molar-refractivity contribution in [2.75, 3.05) is 13.6 Å². The predicted molar refractivity (Wildman–Crippen MR) is 94.7 cm³/mol. The molecule has 0 saturated heterocycles. The summed E-state index contributed by atoms with van der Waals surface area (Å²) in [6, 6.07) is 13.4. The standard InChI is InChI=1S/C18H19F2N3S/c1-23-18(10-5-11-21,13-6-3-2-4-7-13)24-17(22-23)15-12-14(19)8-9-16(15)20/h2-4,6-9,12H,5,10-11,21H2,1H3. The third-order valence-electron chi connectivity index (χ3n) is 4.13. The Balaban J connectivity index is 2.00. The second kappa shape index (κ2) is 6.91. The molecule has 2 N–H and O–H groups in total. The van der Waals surface area contributed by atoms with E-state index in [1.54, 1.807) is 0 Å². The smallest absolute Gasteiger partial charge is 0.134 e. The lowest BCUT2D eigenvalue weighted by molar-refractivity contribution is 0.214. The van der Waals surface area contributed by atoms with Gasteiger partial charge < -0.3 is 5.73 Å². The maximum absolute atomic E-state index is 14.2. The maximum Gasteiger partial charge on any atom is 0.134 e. The van der Waals surface area contributed by atoms with Crippen molar-refractivity contribution in [2.24, 2.45) is 10.8 Å². The minimum absolute atomic E-state index is 0.192. The Labute approximate surface area is 144 Å². The summed E-state index contributed by atoms with van der Waals surface area (Å²) in [6.07, 6.45) is 1.57. The van der Waals surface area contributed by atoms with Crippen LogP contribution < -0.4 is 5.73 Å². The lowest BCUT2D eigenvalue weighted by Gasteiger charge is -2.35. The van der Waals surface area contributed by atoms with Gasteiger partial charge in [0.1, 0.15) is 21.5 Å². The van der Waals surface area contributed by atoms with Crippen LogP contribution in [0.1, 0.15) is 24.0 Å². The summed E-state index contributed by atoms with van der Waals surface area (Å²) < 4.78 is 27.7. The van der Waals surface area contributed by atoms with E-state index in [9.17, 15) is 8.78 Å². The summed E-state index contributed by atoms with van der Waals surface area (Å²) >= 11 is 1.45. The number of nitrogens with zero attached hydrogens (tertiary/aromatic N) is 2. The van der Waals surface area contributed by atoms with Crippen LogP contribution in [0.15, 0.2) is 53.6 Å². The van der Waals surface area contributed by atoms with Gasteiger partial charge in [0.05, 0.1) is 0 Å². The summed E-state index contributed by atoms with van der Waals surface area (Å²) in [6.45, 7) is 0.562. The van der Waals surface area contributed by atoms with Crippen molar-refractivity contribution in [3.63, 3.8) is 0 Å². The topological polar surface area (TPSA) is 41.6 Å². The van der Waals surface area contributed by atoms with E-state index in [2.05, 4.69) is 5.10 Å². The highest BCUT2D eigenvalue weighted by Gasteiger charge is 2.43. The SMILES string of the molecule is CN1N=C(c2cc(F)ccc2F)SC1(CCCN)c1ccccc1. The molecule has 0 saturated carbocycles. The van der Waals surface area contributed by atoms with Crippen molar-refractivity contribution < 1.29 is 8.78 Å². The second-order valence-electron chi connectivity index (χ2n) is 5.70. The number of nitrogens with two attached hydrogens (primary N) is 1. The number of hydrazone groups is 1. The zero-order chi connectivity index (χ0) is 17.2. The first-order chi connectivity index (χ1) is 11.6. The van der Waals surface area contributed by atoms with Crippen molar-refractivity contribution in [3.05, 3.63) is 71.3 Å². The van der Waals surface area contributed by atoms with Crippen LogP contribution in [0, 0.1) is 11.6 Å². The summed E-state index contributed by atoms with van der Waals surface area (Å²) in [4.78, 5) is -0.464. The van der Waals surface area contributed by atoms with E-state index >= 15 is 0 Å². The summed E-state index contributed by atoms with van der Waals surface area (Å²) in [5.41, 5.74) is 6.97. The van der Waals surface area contributed by atoms with Crippen molar-refractivity contribution in [2.45, 2.75) is 17.7 Å². The largest absolute Gasteiger partial charge is 0.330 e. The quantitative estimate of drug-likeness (QED) is 0.892. The Morgan fingerprint density at radius 2 is 1.92 bits per heavy atom. The first-order valence-electron chi connectivity index (χ1n) is 7.79. The first kappa shape index (κ1) is 16.9. The first-order valence-corrected chi connectivity index (χ1v) is 8.61. The van der Waals surface area contributed by atoms with Gasteiger partial charge in [-0.05, 0) is 43.1 Å². The van der Waals surface area contributed by atoms with Crippen LogP contribution >= 0.6 is 11.8 Å². The summed E-state index contributed by atoms with van der Waals surface area (Å²) in [5.74, 6) is -0.949. The molecule has 1 heterocycles. The van der Waals surface area contributed by atoms with E-state index in [1.807, 2.05) is 42.4 Å². The van der Waals surface area contributed by atoms with Crippen molar-refractivity contribution in [1.82, 2.24) is 5.01 Å². The van der Waals surface area contributed by atoms with Crippen LogP contribution in [-0.2, 0) is 4.87 Å². The van der Waals surface area contributed by atoms with Crippen LogP contribution in [0.4, 0.5) is 8.78 Å². The molecule has 0 bridgehead atoms. The summed E-state index contributed by atoms with van der Waals surface area (Å²) in [7, 11) is 1.86. The van der Waals surface area contributed by atoms with E-state index in [-0.39, 0.29) is 5.56 Å². The zero-order valence-electron chi connectivity index (χ0n) is 13.4. The van der Waals surface area contributed by atoms with Crippen LogP contribution in [-0.4, -0.2) is 23.6 Å². The van der Waals surface area contributed by atoms with Gasteiger partial charge in [-0.25, -0.2) is 8.78 Å². The second-order valence-corrected chi connectivity index (χ2v) is 6.96. The fourth-order valence-electron chi connectivity index (χ4n) is 2.88. The predicted octanol–water partition coefficient (Wildman–Crippen LogP) is 3.90. The third-order valence-corrected chi connectivity index (χ3v) is 5.67. The Morgan fingerprint density at radius 3 is 2.62 bits per heavy atom. The zero-order valence-corrected chi connectivity index (χ0v) is 14.2. The third kappa shape index (κ3) is 3.03. The Morgan fingerprint density at radius 1 is 1.17 bits per heavy atom. The molecule has 1 unspecified atom stereocenters. The van der Waals surface area contributed by atoms with Gasteiger partial charge in [0.15, 0.2) is 0 Å². The van der Waals surface area contributed by atoms with Gasteiger partial charge in [0.25, 0.3) is 0 Å². The molecular formula is C18H19F2N3S. The molecular weight excluding hydrogens is 328 g/mol. The molecule has 0 spiro atoms. The van der Waals surface area contributed by atoms with E-state index < -0.39 is 16.5 Å². The molecule has 0 aliphatic carbocycles. The van der Waals surface area contributed by atoms with Crippen molar-refractivity contribution >= 4 is 16.8 Å². The molecule has 0 amide bonds. The molecule has 2 aromatic rings. The van der Waals surface area contributed by atoms with Gasteiger partial charge in [0, 0.05) is 12.6 Å². The van der Waals surface area contributed by atoms with Gasteiger partial charge in [0.2, 0.25) is 0 Å². The van der Waals surface area contributed by atoms with Gasteiger partial charge >= 0.3 is 0 Å². The van der Waals surface area contributed by atoms with Crippen LogP contribution in [0.25, 0.3) is 0 Å². The number of hydrogen-bond donors (Lipinski definition) is 1. The van der Waals surface area contributed by atoms with Crippen LogP contribution in [0.2, 0.25) is 0 Å². The lowest BCUT2D eigenvalue weighted by atomic mass is 10.0. The lowest BCUT2D eigenvalue weighted by Crippen LogP contribution is -2.35. The maximum atomic E-state index is 14.2. The normalized spacial score (nSPS) is 20.3. The Hall–Kier alpha value is -1.92. The van der Waals surface area contributed by atoms with Gasteiger partial charge in [-0.1, -0.05) is 42.1 Å². The number of thioether (sulfide) groups is 1. The minimum Gasteiger partial charge on any atom is -0.330 e. The molecule has 0 aromatic heterocycles. The monoisotopic (exact) mass is 347 g/mol. The van der Waals surface area contributed by atoms with Crippen LogP contribution in [0.3, 0.4) is 0 Å². The average Bonchev–Trinajstić information content (AvgIpc) is 2.93. The Bertz CT molecular complexity index is 751. The molecule has 2 aromatic carbocycles. The molecule has 126 valence electrons. The van der Waals surface area contributed by atoms with E-state index in [1.165, 1.54) is 17.8 Å². The minimum atomic E-state index is -0.475. The van der Waals surface area contributed by atoms with E-state index in [4.69, 9.17) is 5.73 Å². The van der Waals surface area contributed by atoms with Crippen molar-refractivity contribution in [1.29, 1.82) is 0 Å². The van der Waals surface area contributed by atoms with Gasteiger partial charge in [-0.2, -0.15) is 5.10 Å². The molecule has 1 atom stereocenters. The van der Waals surface area contributed by atoms with E-state index in [0.717, 1.165) is 30.5 Å². The van der Waals surface area contributed by atoms with Crippen LogP contribution in [0.5, 0.6) is 0 Å². The molecule has 6 heteroatoms. The van der Waals surface area contributed by atoms with Gasteiger partial charge in [-0.15, -0.1) is 0 Å². The fourth-order valence-corrected chi connectivity index (χ4v) is 4.30. The number of benzene rings is 2. The molecule has 1 aliphatic rings. The van der Waals surface area contributed by atoms with Gasteiger partial charge in [-0.3, -0.25) is 5.01 Å². The average molecular weight is 347 g/mol. The number of halogens is 2. The molecule has 0 fully saturated rings. The number of hydrogen-bond acceptors (Lipinski definition) is 4. The number of rotatable bonds is 5. The van der Waals surface area contributed by atoms with Crippen molar-refractivity contribution in [3.8, 4) is 0 Å². The molecule has 24 heavy (non-hydrogen) atoms. The molecule has 3 nitrogen and oxygen atoms in total. The van der Waals surface area contributed by atoms with E-state index in [0.29, 0.717) is 11.6 Å². The fraction of sp³-hybridized carbons (Fsp3) is 0.278. The highest BCUT2D eigenvalue weighted by molar-refractivity contribution is 8.15. The molecule has 0 radical (unpaired) electrons. The molecule has 1 aliphatic heterocycles. The highest BCUT2D eigenvalue weighted by Crippen LogP contribution is 2.49. The summed E-state index contributed by atoms with van der Waals surface area (Å²) in [5, 5.41) is 6.83. The highest BCUT2D eigenvalue weighted by atomic mass is 32.2. The Kier molecular flexibility index (Phi) is 4.87. The molecule has 3 rings (SSSR count).